The molecule has 8 heteroatoms. The molecule has 1 atom stereocenters. The zero-order chi connectivity index (χ0) is 18.7. The first-order valence-corrected chi connectivity index (χ1v) is 8.00. The summed E-state index contributed by atoms with van der Waals surface area (Å²) in [5, 5.41) is 2.50. The molecule has 1 aromatic heterocycles. The summed E-state index contributed by atoms with van der Waals surface area (Å²) in [4.78, 5) is 38.0. The minimum Gasteiger partial charge on any atom is -0.477 e. The van der Waals surface area contributed by atoms with E-state index in [0.29, 0.717) is 17.2 Å². The van der Waals surface area contributed by atoms with Gasteiger partial charge in [0.15, 0.2) is 12.7 Å². The van der Waals surface area contributed by atoms with Gasteiger partial charge in [0.25, 0.3) is 11.8 Å². The minimum atomic E-state index is -0.842. The molecule has 0 fully saturated rings. The van der Waals surface area contributed by atoms with Crippen molar-refractivity contribution in [1.29, 1.82) is 0 Å². The fraction of sp³-hybridized carbons (Fsp3) is 0.278. The Kier molecular flexibility index (Phi) is 4.92. The smallest absolute Gasteiger partial charge is 0.342 e. The molecule has 1 N–H and O–H groups in total. The third-order valence-electron chi connectivity index (χ3n) is 4.02. The summed E-state index contributed by atoms with van der Waals surface area (Å²) in [6.07, 6.45) is 0.533. The molecule has 2 aromatic rings. The van der Waals surface area contributed by atoms with Crippen LogP contribution in [0.15, 0.2) is 41.0 Å². The van der Waals surface area contributed by atoms with E-state index in [0.717, 1.165) is 0 Å². The number of aryl methyl sites for hydroxylation is 1. The van der Waals surface area contributed by atoms with Crippen LogP contribution in [0.4, 0.5) is 5.69 Å². The summed E-state index contributed by atoms with van der Waals surface area (Å²) >= 11 is 0. The number of ether oxygens (including phenoxy) is 2. The van der Waals surface area contributed by atoms with Crippen molar-refractivity contribution < 1.29 is 28.3 Å². The van der Waals surface area contributed by atoms with Crippen LogP contribution in [0.5, 0.6) is 5.75 Å². The molecule has 0 aliphatic carbocycles. The van der Waals surface area contributed by atoms with E-state index in [4.69, 9.17) is 13.9 Å². The van der Waals surface area contributed by atoms with Crippen LogP contribution in [-0.2, 0) is 14.3 Å². The maximum atomic E-state index is 12.6. The molecule has 0 unspecified atom stereocenters. The summed E-state index contributed by atoms with van der Waals surface area (Å²) in [5.41, 5.74) is 0.789. The Morgan fingerprint density at radius 3 is 2.73 bits per heavy atom. The second-order valence-electron chi connectivity index (χ2n) is 5.66. The number of rotatable bonds is 4. The molecule has 26 heavy (non-hydrogen) atoms. The van der Waals surface area contributed by atoms with Crippen molar-refractivity contribution in [2.75, 3.05) is 25.1 Å². The third-order valence-corrected chi connectivity index (χ3v) is 4.02. The number of anilines is 1. The first kappa shape index (κ1) is 17.5. The van der Waals surface area contributed by atoms with Crippen LogP contribution in [-0.4, -0.2) is 44.1 Å². The molecule has 1 aliphatic rings. The monoisotopic (exact) mass is 358 g/mol. The lowest BCUT2D eigenvalue weighted by Crippen LogP contribution is -2.51. The highest BCUT2D eigenvalue weighted by molar-refractivity contribution is 5.99. The number of carbonyl (C=O) groups excluding carboxylic acids is 3. The number of carbonyl (C=O) groups is 3. The summed E-state index contributed by atoms with van der Waals surface area (Å²) in [6.45, 7) is 1.20. The first-order valence-electron chi connectivity index (χ1n) is 8.00. The highest BCUT2D eigenvalue weighted by atomic mass is 16.5. The average Bonchev–Trinajstić information content (AvgIpc) is 3.10. The van der Waals surface area contributed by atoms with Gasteiger partial charge in [0.1, 0.15) is 17.1 Å². The van der Waals surface area contributed by atoms with E-state index in [9.17, 15) is 14.4 Å². The van der Waals surface area contributed by atoms with E-state index in [2.05, 4.69) is 5.32 Å². The SMILES string of the molecule is CNC(=O)[C@H]1CN(C(=O)COC(=O)c2ccoc2C)c2ccccc2O1. The van der Waals surface area contributed by atoms with Crippen LogP contribution in [0.25, 0.3) is 0 Å². The van der Waals surface area contributed by atoms with Crippen LogP contribution in [0.2, 0.25) is 0 Å². The Morgan fingerprint density at radius 1 is 1.27 bits per heavy atom. The number of nitrogens with zero attached hydrogens (tertiary/aromatic N) is 1. The van der Waals surface area contributed by atoms with Crippen LogP contribution in [0.3, 0.4) is 0 Å². The highest BCUT2D eigenvalue weighted by Gasteiger charge is 2.33. The normalized spacial score (nSPS) is 15.6. The van der Waals surface area contributed by atoms with Crippen LogP contribution < -0.4 is 15.0 Å². The van der Waals surface area contributed by atoms with E-state index >= 15 is 0 Å². The number of benzene rings is 1. The van der Waals surface area contributed by atoms with E-state index < -0.39 is 24.6 Å². The van der Waals surface area contributed by atoms with Crippen molar-refractivity contribution in [3.63, 3.8) is 0 Å². The number of furan rings is 1. The van der Waals surface area contributed by atoms with Crippen molar-refractivity contribution in [1.82, 2.24) is 5.32 Å². The van der Waals surface area contributed by atoms with Gasteiger partial charge < -0.3 is 24.1 Å². The topological polar surface area (TPSA) is 98.1 Å². The van der Waals surface area contributed by atoms with Crippen LogP contribution in [0, 0.1) is 6.92 Å². The average molecular weight is 358 g/mol. The van der Waals surface area contributed by atoms with Gasteiger partial charge in [-0.2, -0.15) is 0 Å². The molecular weight excluding hydrogens is 340 g/mol. The fourth-order valence-corrected chi connectivity index (χ4v) is 2.65. The summed E-state index contributed by atoms with van der Waals surface area (Å²) < 4.78 is 15.8. The van der Waals surface area contributed by atoms with Crippen LogP contribution in [0.1, 0.15) is 16.1 Å². The van der Waals surface area contributed by atoms with E-state index in [1.54, 1.807) is 31.2 Å². The lowest BCUT2D eigenvalue weighted by Gasteiger charge is -2.33. The number of fused-ring (bicyclic) bond motifs is 1. The number of likely N-dealkylation sites (N-methyl/N-ethyl adjacent to an activating group) is 1. The number of esters is 1. The maximum Gasteiger partial charge on any atom is 0.342 e. The third kappa shape index (κ3) is 3.39. The predicted molar refractivity (Wildman–Crippen MR) is 91.0 cm³/mol. The van der Waals surface area contributed by atoms with Gasteiger partial charge in [-0.15, -0.1) is 0 Å². The molecule has 2 heterocycles. The Hall–Kier alpha value is -3.29. The summed E-state index contributed by atoms with van der Waals surface area (Å²) in [7, 11) is 1.49. The van der Waals surface area contributed by atoms with E-state index in [1.165, 1.54) is 24.3 Å². The van der Waals surface area contributed by atoms with Gasteiger partial charge in [0.05, 0.1) is 18.5 Å². The van der Waals surface area contributed by atoms with Crippen molar-refractivity contribution in [3.8, 4) is 5.75 Å². The molecule has 0 spiro atoms. The molecule has 136 valence electrons. The number of hydrogen-bond donors (Lipinski definition) is 1. The molecule has 3 rings (SSSR count). The lowest BCUT2D eigenvalue weighted by atomic mass is 10.1. The molecular formula is C18H18N2O6. The Bertz CT molecular complexity index is 844. The Balaban J connectivity index is 1.74. The fourth-order valence-electron chi connectivity index (χ4n) is 2.65. The maximum absolute atomic E-state index is 12.6. The number of amides is 2. The highest BCUT2D eigenvalue weighted by Crippen LogP contribution is 2.33. The van der Waals surface area contributed by atoms with Gasteiger partial charge in [0, 0.05) is 7.05 Å². The molecule has 8 nitrogen and oxygen atoms in total. The van der Waals surface area contributed by atoms with E-state index in [-0.39, 0.29) is 18.0 Å². The summed E-state index contributed by atoms with van der Waals surface area (Å²) in [6, 6.07) is 8.35. The van der Waals surface area contributed by atoms with Crippen LogP contribution >= 0.6 is 0 Å². The second-order valence-corrected chi connectivity index (χ2v) is 5.66. The molecule has 0 saturated carbocycles. The molecule has 1 aliphatic heterocycles. The van der Waals surface area contributed by atoms with Gasteiger partial charge in [-0.3, -0.25) is 9.59 Å². The number of hydrogen-bond acceptors (Lipinski definition) is 6. The van der Waals surface area contributed by atoms with Gasteiger partial charge in [-0.05, 0) is 25.1 Å². The zero-order valence-electron chi connectivity index (χ0n) is 14.4. The van der Waals surface area contributed by atoms with Gasteiger partial charge in [-0.1, -0.05) is 12.1 Å². The molecule has 1 aromatic carbocycles. The van der Waals surface area contributed by atoms with Crippen molar-refractivity contribution in [2.45, 2.75) is 13.0 Å². The quantitative estimate of drug-likeness (QED) is 0.827. The second kappa shape index (κ2) is 7.30. The minimum absolute atomic E-state index is 0.0256. The molecule has 0 radical (unpaired) electrons. The number of nitrogens with one attached hydrogen (secondary N) is 1. The molecule has 0 saturated heterocycles. The van der Waals surface area contributed by atoms with Crippen molar-refractivity contribution >= 4 is 23.5 Å². The summed E-state index contributed by atoms with van der Waals surface area (Å²) in [5.74, 6) is -0.613. The largest absolute Gasteiger partial charge is 0.477 e. The predicted octanol–water partition coefficient (Wildman–Crippen LogP) is 1.29. The van der Waals surface area contributed by atoms with Gasteiger partial charge in [-0.25, -0.2) is 4.79 Å². The standard InChI is InChI=1S/C18H18N2O6/c1-11-12(7-8-24-11)18(23)25-10-16(21)20-9-15(17(22)19-2)26-14-6-4-3-5-13(14)20/h3-8,15H,9-10H2,1-2H3,(H,19,22)/t15-/m1/s1. The van der Waals surface area contributed by atoms with Crippen molar-refractivity contribution in [3.05, 3.63) is 47.9 Å². The van der Waals surface area contributed by atoms with Crippen molar-refractivity contribution in [2.24, 2.45) is 0 Å². The zero-order valence-corrected chi connectivity index (χ0v) is 14.4. The number of para-hydroxylation sites is 2. The first-order chi connectivity index (χ1) is 12.5. The molecule has 2 amide bonds. The molecule has 0 bridgehead atoms. The van der Waals surface area contributed by atoms with E-state index in [1.807, 2.05) is 0 Å². The Morgan fingerprint density at radius 2 is 2.04 bits per heavy atom. The van der Waals surface area contributed by atoms with Gasteiger partial charge >= 0.3 is 5.97 Å². The van der Waals surface area contributed by atoms with Gasteiger partial charge in [0.2, 0.25) is 0 Å². The lowest BCUT2D eigenvalue weighted by molar-refractivity contribution is -0.128. The Labute approximate surface area is 149 Å².